The molecule has 0 radical (unpaired) electrons. The second-order valence-corrected chi connectivity index (χ2v) is 3.66. The molecule has 0 bridgehead atoms. The number of rotatable bonds is 0. The SMILES string of the molecule is CC1(C)CCC(C(F)(F)F)N1. The van der Waals surface area contributed by atoms with Crippen LogP contribution in [0, 0.1) is 0 Å². The monoisotopic (exact) mass is 167 g/mol. The topological polar surface area (TPSA) is 12.0 Å². The van der Waals surface area contributed by atoms with Crippen molar-refractivity contribution in [2.75, 3.05) is 0 Å². The Hall–Kier alpha value is -0.250. The molecule has 4 heteroatoms. The summed E-state index contributed by atoms with van der Waals surface area (Å²) in [4.78, 5) is 0. The van der Waals surface area contributed by atoms with Crippen LogP contribution < -0.4 is 5.32 Å². The number of hydrogen-bond donors (Lipinski definition) is 1. The minimum atomic E-state index is -4.08. The lowest BCUT2D eigenvalue weighted by atomic mass is 10.0. The minimum absolute atomic E-state index is 0.205. The summed E-state index contributed by atoms with van der Waals surface area (Å²) in [5, 5.41) is 2.55. The van der Waals surface area contributed by atoms with E-state index in [0.29, 0.717) is 6.42 Å². The molecule has 1 aliphatic rings. The molecule has 0 amide bonds. The third-order valence-corrected chi connectivity index (χ3v) is 2.02. The Morgan fingerprint density at radius 3 is 2.09 bits per heavy atom. The smallest absolute Gasteiger partial charge is 0.301 e. The van der Waals surface area contributed by atoms with Crippen LogP contribution in [0.3, 0.4) is 0 Å². The van der Waals surface area contributed by atoms with Gasteiger partial charge in [-0.25, -0.2) is 0 Å². The van der Waals surface area contributed by atoms with Gasteiger partial charge in [0.25, 0.3) is 0 Å². The zero-order valence-corrected chi connectivity index (χ0v) is 6.63. The first-order chi connectivity index (χ1) is 4.81. The Morgan fingerprint density at radius 2 is 1.91 bits per heavy atom. The zero-order chi connectivity index (χ0) is 8.70. The van der Waals surface area contributed by atoms with Gasteiger partial charge in [-0.3, -0.25) is 0 Å². The summed E-state index contributed by atoms with van der Waals surface area (Å²) in [5.74, 6) is 0. The summed E-state index contributed by atoms with van der Waals surface area (Å²) < 4.78 is 36.1. The molecule has 11 heavy (non-hydrogen) atoms. The fraction of sp³-hybridized carbons (Fsp3) is 1.00. The Labute approximate surface area is 64.0 Å². The molecule has 0 spiro atoms. The number of alkyl halides is 3. The second-order valence-electron chi connectivity index (χ2n) is 3.66. The second kappa shape index (κ2) is 2.37. The lowest BCUT2D eigenvalue weighted by Gasteiger charge is -2.21. The van der Waals surface area contributed by atoms with Crippen molar-refractivity contribution >= 4 is 0 Å². The quantitative estimate of drug-likeness (QED) is 0.582. The van der Waals surface area contributed by atoms with Gasteiger partial charge in [0.1, 0.15) is 6.04 Å². The molecule has 0 aliphatic carbocycles. The molecular weight excluding hydrogens is 155 g/mol. The van der Waals surface area contributed by atoms with Gasteiger partial charge < -0.3 is 5.32 Å². The molecule has 1 unspecified atom stereocenters. The van der Waals surface area contributed by atoms with E-state index in [1.54, 1.807) is 13.8 Å². The normalized spacial score (nSPS) is 30.8. The average molecular weight is 167 g/mol. The zero-order valence-electron chi connectivity index (χ0n) is 6.63. The van der Waals surface area contributed by atoms with Crippen molar-refractivity contribution < 1.29 is 13.2 Å². The fourth-order valence-electron chi connectivity index (χ4n) is 1.37. The molecule has 1 aliphatic heterocycles. The van der Waals surface area contributed by atoms with Crippen molar-refractivity contribution in [3.05, 3.63) is 0 Å². The lowest BCUT2D eigenvalue weighted by molar-refractivity contribution is -0.153. The first-order valence-electron chi connectivity index (χ1n) is 3.66. The van der Waals surface area contributed by atoms with Crippen LogP contribution in [0.4, 0.5) is 13.2 Å². The Bertz CT molecular complexity index is 150. The third kappa shape index (κ3) is 2.09. The molecule has 1 fully saturated rings. The van der Waals surface area contributed by atoms with E-state index < -0.39 is 12.2 Å². The van der Waals surface area contributed by atoms with E-state index in [1.165, 1.54) is 0 Å². The first kappa shape index (κ1) is 8.84. The van der Waals surface area contributed by atoms with Crippen LogP contribution in [-0.4, -0.2) is 17.8 Å². The van der Waals surface area contributed by atoms with Gasteiger partial charge in [-0.15, -0.1) is 0 Å². The maximum atomic E-state index is 12.0. The van der Waals surface area contributed by atoms with E-state index >= 15 is 0 Å². The molecular formula is C7H12F3N. The standard InChI is InChI=1S/C7H12F3N/c1-6(2)4-3-5(11-6)7(8,9)10/h5,11H,3-4H2,1-2H3. The average Bonchev–Trinajstić information content (AvgIpc) is 2.07. The van der Waals surface area contributed by atoms with Crippen LogP contribution in [-0.2, 0) is 0 Å². The Morgan fingerprint density at radius 1 is 1.36 bits per heavy atom. The molecule has 0 aromatic rings. The molecule has 1 atom stereocenters. The highest BCUT2D eigenvalue weighted by atomic mass is 19.4. The van der Waals surface area contributed by atoms with Crippen molar-refractivity contribution in [3.63, 3.8) is 0 Å². The highest BCUT2D eigenvalue weighted by molar-refractivity contribution is 4.93. The van der Waals surface area contributed by atoms with Gasteiger partial charge in [-0.2, -0.15) is 13.2 Å². The van der Waals surface area contributed by atoms with E-state index in [0.717, 1.165) is 0 Å². The number of halogens is 3. The van der Waals surface area contributed by atoms with Gasteiger partial charge in [-0.1, -0.05) is 0 Å². The molecule has 1 rings (SSSR count). The number of nitrogens with one attached hydrogen (secondary N) is 1. The van der Waals surface area contributed by atoms with Gasteiger partial charge >= 0.3 is 6.18 Å². The van der Waals surface area contributed by atoms with Crippen LogP contribution in [0.2, 0.25) is 0 Å². The van der Waals surface area contributed by atoms with E-state index in [4.69, 9.17) is 0 Å². The van der Waals surface area contributed by atoms with Gasteiger partial charge in [0.05, 0.1) is 0 Å². The fourth-order valence-corrected chi connectivity index (χ4v) is 1.37. The van der Waals surface area contributed by atoms with Gasteiger partial charge in [0, 0.05) is 5.54 Å². The molecule has 0 saturated carbocycles. The van der Waals surface area contributed by atoms with Crippen molar-refractivity contribution in [2.24, 2.45) is 0 Å². The molecule has 1 heterocycles. The van der Waals surface area contributed by atoms with Crippen molar-refractivity contribution in [1.82, 2.24) is 5.32 Å². The Balaban J connectivity index is 2.55. The lowest BCUT2D eigenvalue weighted by Crippen LogP contribution is -2.44. The maximum absolute atomic E-state index is 12.0. The molecule has 0 aromatic carbocycles. The van der Waals surface area contributed by atoms with Crippen LogP contribution in [0.1, 0.15) is 26.7 Å². The van der Waals surface area contributed by atoms with Gasteiger partial charge in [0.15, 0.2) is 0 Å². The summed E-state index contributed by atoms with van der Waals surface area (Å²) in [5.41, 5.74) is -0.347. The molecule has 0 aromatic heterocycles. The summed E-state index contributed by atoms with van der Waals surface area (Å²) in [6, 6.07) is -1.29. The van der Waals surface area contributed by atoms with Crippen LogP contribution in [0.5, 0.6) is 0 Å². The third-order valence-electron chi connectivity index (χ3n) is 2.02. The Kier molecular flexibility index (Phi) is 1.90. The molecule has 1 nitrogen and oxygen atoms in total. The predicted octanol–water partition coefficient (Wildman–Crippen LogP) is 2.08. The summed E-state index contributed by atoms with van der Waals surface area (Å²) in [6.45, 7) is 3.58. The van der Waals surface area contributed by atoms with E-state index in [1.807, 2.05) is 0 Å². The van der Waals surface area contributed by atoms with Crippen LogP contribution in [0.15, 0.2) is 0 Å². The van der Waals surface area contributed by atoms with E-state index in [-0.39, 0.29) is 12.0 Å². The van der Waals surface area contributed by atoms with Crippen molar-refractivity contribution in [3.8, 4) is 0 Å². The maximum Gasteiger partial charge on any atom is 0.403 e. The van der Waals surface area contributed by atoms with Crippen molar-refractivity contribution in [1.29, 1.82) is 0 Å². The summed E-state index contributed by atoms with van der Waals surface area (Å²) in [7, 11) is 0. The first-order valence-corrected chi connectivity index (χ1v) is 3.66. The highest BCUT2D eigenvalue weighted by Gasteiger charge is 2.46. The highest BCUT2D eigenvalue weighted by Crippen LogP contribution is 2.32. The summed E-state index contributed by atoms with van der Waals surface area (Å²) in [6.07, 6.45) is -3.28. The molecule has 1 N–H and O–H groups in total. The summed E-state index contributed by atoms with van der Waals surface area (Å²) >= 11 is 0. The predicted molar refractivity (Wildman–Crippen MR) is 36.3 cm³/mol. The largest absolute Gasteiger partial charge is 0.403 e. The van der Waals surface area contributed by atoms with Gasteiger partial charge in [-0.05, 0) is 26.7 Å². The number of hydrogen-bond acceptors (Lipinski definition) is 1. The van der Waals surface area contributed by atoms with Crippen LogP contribution in [0.25, 0.3) is 0 Å². The van der Waals surface area contributed by atoms with Gasteiger partial charge in [0.2, 0.25) is 0 Å². The van der Waals surface area contributed by atoms with E-state index in [2.05, 4.69) is 5.32 Å². The molecule has 1 saturated heterocycles. The van der Waals surface area contributed by atoms with Crippen molar-refractivity contribution in [2.45, 2.75) is 44.4 Å². The molecule has 66 valence electrons. The van der Waals surface area contributed by atoms with E-state index in [9.17, 15) is 13.2 Å². The van der Waals surface area contributed by atoms with Crippen LogP contribution >= 0.6 is 0 Å². The minimum Gasteiger partial charge on any atom is -0.301 e.